The monoisotopic (exact) mass is 397 g/mol. The molecule has 1 aromatic carbocycles. The van der Waals surface area contributed by atoms with Crippen LogP contribution in [0.5, 0.6) is 5.75 Å². The maximum Gasteiger partial charge on any atom is 0.407 e. The van der Waals surface area contributed by atoms with Crippen LogP contribution >= 0.6 is 11.3 Å². The van der Waals surface area contributed by atoms with Gasteiger partial charge < -0.3 is 20.1 Å². The second-order valence-corrected chi connectivity index (χ2v) is 8.09. The predicted molar refractivity (Wildman–Crippen MR) is 104 cm³/mol. The van der Waals surface area contributed by atoms with Crippen molar-refractivity contribution in [1.82, 2.24) is 4.90 Å². The molecule has 144 valence electrons. The maximum absolute atomic E-state index is 12.7. The molecule has 1 aliphatic carbocycles. The van der Waals surface area contributed by atoms with E-state index in [-0.39, 0.29) is 24.3 Å². The smallest absolute Gasteiger partial charge is 0.407 e. The Morgan fingerprint density at radius 1 is 1.43 bits per heavy atom. The van der Waals surface area contributed by atoms with Crippen LogP contribution in [0.4, 0.5) is 9.80 Å². The number of nitrogens with one attached hydrogen (secondary N) is 1. The predicted octanol–water partition coefficient (Wildman–Crippen LogP) is 3.41. The number of amides is 2. The molecule has 2 atom stereocenters. The molecular weight excluding hydrogens is 378 g/mol. The molecule has 1 aliphatic heterocycles. The number of nitriles is 1. The van der Waals surface area contributed by atoms with Gasteiger partial charge in [-0.15, -0.1) is 11.3 Å². The van der Waals surface area contributed by atoms with Gasteiger partial charge in [-0.25, -0.2) is 4.79 Å². The number of fused-ring (bicyclic) bond motifs is 1. The van der Waals surface area contributed by atoms with E-state index in [0.717, 1.165) is 28.2 Å². The van der Waals surface area contributed by atoms with E-state index < -0.39 is 6.09 Å². The number of anilines is 1. The molecule has 2 heterocycles. The molecule has 28 heavy (non-hydrogen) atoms. The molecule has 0 bridgehead atoms. The molecule has 2 aromatic rings. The summed E-state index contributed by atoms with van der Waals surface area (Å²) >= 11 is 1.30. The number of nitrogens with zero attached hydrogens (tertiary/aromatic N) is 2. The van der Waals surface area contributed by atoms with E-state index in [0.29, 0.717) is 23.5 Å². The summed E-state index contributed by atoms with van der Waals surface area (Å²) in [5, 5.41) is 22.2. The minimum absolute atomic E-state index is 0.0991. The average molecular weight is 397 g/mol. The average Bonchev–Trinajstić information content (AvgIpc) is 3.43. The molecule has 0 radical (unpaired) electrons. The van der Waals surface area contributed by atoms with Gasteiger partial charge >= 0.3 is 6.09 Å². The van der Waals surface area contributed by atoms with Crippen LogP contribution in [0.2, 0.25) is 0 Å². The zero-order chi connectivity index (χ0) is 19.8. The Kier molecular flexibility index (Phi) is 4.69. The fraction of sp³-hybridized carbons (Fsp3) is 0.350. The highest BCUT2D eigenvalue weighted by Crippen LogP contribution is 2.49. The topological polar surface area (TPSA) is 103 Å². The van der Waals surface area contributed by atoms with E-state index >= 15 is 0 Å². The van der Waals surface area contributed by atoms with E-state index in [4.69, 9.17) is 4.74 Å². The van der Waals surface area contributed by atoms with E-state index in [1.54, 1.807) is 7.11 Å². The van der Waals surface area contributed by atoms with Crippen molar-refractivity contribution in [2.24, 2.45) is 5.92 Å². The zero-order valence-electron chi connectivity index (χ0n) is 15.3. The Morgan fingerprint density at radius 2 is 2.25 bits per heavy atom. The normalized spacial score (nSPS) is 20.1. The zero-order valence-corrected chi connectivity index (χ0v) is 16.1. The van der Waals surface area contributed by atoms with Crippen LogP contribution in [-0.2, 0) is 17.8 Å². The lowest BCUT2D eigenvalue weighted by Crippen LogP contribution is -2.34. The highest BCUT2D eigenvalue weighted by molar-refractivity contribution is 7.16. The quantitative estimate of drug-likeness (QED) is 0.823. The van der Waals surface area contributed by atoms with Gasteiger partial charge in [-0.2, -0.15) is 5.26 Å². The number of hydrogen-bond acceptors (Lipinski definition) is 5. The third-order valence-electron chi connectivity index (χ3n) is 5.33. The fourth-order valence-electron chi connectivity index (χ4n) is 3.70. The summed E-state index contributed by atoms with van der Waals surface area (Å²) in [6, 6.07) is 9.91. The second kappa shape index (κ2) is 7.17. The summed E-state index contributed by atoms with van der Waals surface area (Å²) in [4.78, 5) is 26.1. The first kappa shape index (κ1) is 18.3. The van der Waals surface area contributed by atoms with E-state index in [1.807, 2.05) is 24.3 Å². The molecule has 2 aliphatic rings. The molecule has 2 unspecified atom stereocenters. The molecular formula is C20H19N3O4S. The summed E-state index contributed by atoms with van der Waals surface area (Å²) in [7, 11) is 1.61. The van der Waals surface area contributed by atoms with Crippen LogP contribution < -0.4 is 10.1 Å². The van der Waals surface area contributed by atoms with Crippen LogP contribution in [-0.4, -0.2) is 35.7 Å². The Hall–Kier alpha value is -3.05. The SMILES string of the molecule is COc1cccc(C2CC2C(=O)Nc2sc3c(c2C#N)CCN(C(=O)O)C3)c1. The molecule has 8 heteroatoms. The van der Waals surface area contributed by atoms with Gasteiger partial charge in [-0.1, -0.05) is 12.1 Å². The Balaban J connectivity index is 1.49. The van der Waals surface area contributed by atoms with Crippen molar-refractivity contribution >= 4 is 28.3 Å². The van der Waals surface area contributed by atoms with Crippen LogP contribution in [0.25, 0.3) is 0 Å². The minimum Gasteiger partial charge on any atom is -0.497 e. The maximum atomic E-state index is 12.7. The van der Waals surface area contributed by atoms with Gasteiger partial charge in [0.1, 0.15) is 16.8 Å². The number of carbonyl (C=O) groups is 2. The van der Waals surface area contributed by atoms with Crippen molar-refractivity contribution in [3.8, 4) is 11.8 Å². The number of rotatable bonds is 4. The van der Waals surface area contributed by atoms with Gasteiger partial charge in [-0.3, -0.25) is 4.79 Å². The van der Waals surface area contributed by atoms with Gasteiger partial charge in [0.05, 0.1) is 19.2 Å². The summed E-state index contributed by atoms with van der Waals surface area (Å²) < 4.78 is 5.25. The first-order chi connectivity index (χ1) is 13.5. The van der Waals surface area contributed by atoms with Crippen LogP contribution in [0.3, 0.4) is 0 Å². The molecule has 2 amide bonds. The molecule has 1 fully saturated rings. The number of ether oxygens (including phenoxy) is 1. The molecule has 0 saturated heterocycles. The number of benzene rings is 1. The molecule has 1 saturated carbocycles. The number of hydrogen-bond donors (Lipinski definition) is 2. The lowest BCUT2D eigenvalue weighted by molar-refractivity contribution is -0.117. The van der Waals surface area contributed by atoms with Crippen molar-refractivity contribution in [2.45, 2.75) is 25.3 Å². The number of carboxylic acid groups (broad SMARTS) is 1. The third-order valence-corrected chi connectivity index (χ3v) is 6.46. The van der Waals surface area contributed by atoms with Crippen molar-refractivity contribution in [3.05, 3.63) is 45.8 Å². The fourth-order valence-corrected chi connectivity index (χ4v) is 4.92. The molecule has 2 N–H and O–H groups in total. The van der Waals surface area contributed by atoms with Crippen LogP contribution in [0.15, 0.2) is 24.3 Å². The largest absolute Gasteiger partial charge is 0.497 e. The standard InChI is InChI=1S/C20H19N3O4S/c1-27-12-4-2-3-11(7-12)14-8-15(14)18(24)22-19-16(9-21)13-5-6-23(20(25)26)10-17(13)28-19/h2-4,7,14-15H,5-6,8,10H2,1H3,(H,22,24)(H,25,26). The minimum atomic E-state index is -0.970. The van der Waals surface area contributed by atoms with Gasteiger partial charge in [-0.05, 0) is 42.0 Å². The molecule has 7 nitrogen and oxygen atoms in total. The Labute approximate surface area is 166 Å². The van der Waals surface area contributed by atoms with Gasteiger partial charge in [0.15, 0.2) is 0 Å². The molecule has 1 aromatic heterocycles. The van der Waals surface area contributed by atoms with Crippen molar-refractivity contribution < 1.29 is 19.4 Å². The number of carbonyl (C=O) groups excluding carboxylic acids is 1. The second-order valence-electron chi connectivity index (χ2n) is 6.99. The molecule has 0 spiro atoms. The Bertz CT molecular complexity index is 994. The third kappa shape index (κ3) is 3.29. The van der Waals surface area contributed by atoms with E-state index in [9.17, 15) is 20.0 Å². The molecule has 4 rings (SSSR count). The number of thiophene rings is 1. The first-order valence-electron chi connectivity index (χ1n) is 8.99. The first-order valence-corrected chi connectivity index (χ1v) is 9.80. The summed E-state index contributed by atoms with van der Waals surface area (Å²) in [5.74, 6) is 0.688. The highest BCUT2D eigenvalue weighted by Gasteiger charge is 2.44. The summed E-state index contributed by atoms with van der Waals surface area (Å²) in [6.45, 7) is 0.622. The highest BCUT2D eigenvalue weighted by atomic mass is 32.1. The number of methoxy groups -OCH3 is 1. The van der Waals surface area contributed by atoms with Crippen LogP contribution in [0, 0.1) is 17.2 Å². The van der Waals surface area contributed by atoms with Gasteiger partial charge in [0.2, 0.25) is 5.91 Å². The van der Waals surface area contributed by atoms with E-state index in [2.05, 4.69) is 11.4 Å². The lowest BCUT2D eigenvalue weighted by atomic mass is 10.0. The van der Waals surface area contributed by atoms with Crippen molar-refractivity contribution in [1.29, 1.82) is 5.26 Å². The van der Waals surface area contributed by atoms with Crippen molar-refractivity contribution in [3.63, 3.8) is 0 Å². The van der Waals surface area contributed by atoms with Crippen molar-refractivity contribution in [2.75, 3.05) is 19.0 Å². The van der Waals surface area contributed by atoms with Gasteiger partial charge in [0.25, 0.3) is 0 Å². The summed E-state index contributed by atoms with van der Waals surface area (Å²) in [5.41, 5.74) is 2.40. The van der Waals surface area contributed by atoms with E-state index in [1.165, 1.54) is 16.2 Å². The van der Waals surface area contributed by atoms with Gasteiger partial charge in [0, 0.05) is 17.3 Å². The summed E-state index contributed by atoms with van der Waals surface area (Å²) in [6.07, 6.45) is 0.285. The lowest BCUT2D eigenvalue weighted by Gasteiger charge is -2.23. The van der Waals surface area contributed by atoms with Crippen LogP contribution in [0.1, 0.15) is 33.9 Å². The Morgan fingerprint density at radius 3 is 2.96 bits per heavy atom.